The van der Waals surface area contributed by atoms with E-state index < -0.39 is 0 Å². The van der Waals surface area contributed by atoms with Gasteiger partial charge in [0, 0.05) is 25.2 Å². The number of nitrogens with zero attached hydrogens (tertiary/aromatic N) is 1. The summed E-state index contributed by atoms with van der Waals surface area (Å²) in [6.45, 7) is 8.65. The molecule has 1 heterocycles. The summed E-state index contributed by atoms with van der Waals surface area (Å²) in [4.78, 5) is 13.9. The van der Waals surface area contributed by atoms with Gasteiger partial charge in [-0.15, -0.1) is 0 Å². The van der Waals surface area contributed by atoms with Crippen molar-refractivity contribution in [3.8, 4) is 0 Å². The van der Waals surface area contributed by atoms with Crippen LogP contribution in [0, 0.1) is 0 Å². The summed E-state index contributed by atoms with van der Waals surface area (Å²) in [6.07, 6.45) is 0. The molecule has 4 heteroatoms. The summed E-state index contributed by atoms with van der Waals surface area (Å²) in [5.41, 5.74) is -0.143. The molecule has 0 saturated carbocycles. The quantitative estimate of drug-likeness (QED) is 0.615. The zero-order valence-corrected chi connectivity index (χ0v) is 9.55. The molecule has 1 amide bonds. The van der Waals surface area contributed by atoms with Crippen LogP contribution in [-0.2, 0) is 4.79 Å². The standard InChI is InChI=1S/C10H21N3O/c1-10(2,3)12-9(14)8-7-11-5-6-13(8)4/h8,11H,5-7H2,1-4H3,(H,12,14). The summed E-state index contributed by atoms with van der Waals surface area (Å²) in [5, 5.41) is 6.23. The van der Waals surface area contributed by atoms with E-state index in [1.807, 2.05) is 27.8 Å². The highest BCUT2D eigenvalue weighted by Gasteiger charge is 2.27. The van der Waals surface area contributed by atoms with E-state index in [-0.39, 0.29) is 17.5 Å². The topological polar surface area (TPSA) is 44.4 Å². The second kappa shape index (κ2) is 4.28. The van der Waals surface area contributed by atoms with Crippen molar-refractivity contribution < 1.29 is 4.79 Å². The number of carbonyl (C=O) groups excluding carboxylic acids is 1. The van der Waals surface area contributed by atoms with Gasteiger partial charge in [-0.1, -0.05) is 0 Å². The first-order valence-electron chi connectivity index (χ1n) is 5.13. The van der Waals surface area contributed by atoms with Crippen LogP contribution in [0.1, 0.15) is 20.8 Å². The fraction of sp³-hybridized carbons (Fsp3) is 0.900. The summed E-state index contributed by atoms with van der Waals surface area (Å²) in [7, 11) is 1.99. The van der Waals surface area contributed by atoms with Gasteiger partial charge in [0.2, 0.25) is 5.91 Å². The molecule has 0 aromatic carbocycles. The maximum Gasteiger partial charge on any atom is 0.239 e. The molecule has 1 fully saturated rings. The maximum atomic E-state index is 11.8. The normalized spacial score (nSPS) is 24.7. The van der Waals surface area contributed by atoms with Crippen LogP contribution in [0.3, 0.4) is 0 Å². The van der Waals surface area contributed by atoms with Crippen LogP contribution >= 0.6 is 0 Å². The second-order valence-corrected chi connectivity index (χ2v) is 4.94. The van der Waals surface area contributed by atoms with E-state index in [4.69, 9.17) is 0 Å². The molecule has 0 aromatic heterocycles. The number of rotatable bonds is 1. The third kappa shape index (κ3) is 3.27. The van der Waals surface area contributed by atoms with Crippen LogP contribution in [0.4, 0.5) is 0 Å². The molecule has 4 nitrogen and oxygen atoms in total. The predicted octanol–water partition coefficient (Wildman–Crippen LogP) is -0.195. The van der Waals surface area contributed by atoms with Crippen LogP contribution < -0.4 is 10.6 Å². The zero-order valence-electron chi connectivity index (χ0n) is 9.55. The molecule has 0 aromatic rings. The Labute approximate surface area is 86.0 Å². The van der Waals surface area contributed by atoms with Crippen molar-refractivity contribution in [1.82, 2.24) is 15.5 Å². The number of carbonyl (C=O) groups is 1. The first-order valence-corrected chi connectivity index (χ1v) is 5.13. The zero-order chi connectivity index (χ0) is 10.8. The van der Waals surface area contributed by atoms with Gasteiger partial charge in [-0.05, 0) is 27.8 Å². The number of piperazine rings is 1. The van der Waals surface area contributed by atoms with Crippen molar-refractivity contribution >= 4 is 5.91 Å². The largest absolute Gasteiger partial charge is 0.350 e. The average Bonchev–Trinajstić information content (AvgIpc) is 2.01. The molecule has 1 unspecified atom stereocenters. The molecular formula is C10H21N3O. The van der Waals surface area contributed by atoms with Crippen molar-refractivity contribution in [2.24, 2.45) is 0 Å². The monoisotopic (exact) mass is 199 g/mol. The summed E-state index contributed by atoms with van der Waals surface area (Å²) in [5.74, 6) is 0.118. The molecule has 0 spiro atoms. The molecule has 0 radical (unpaired) electrons. The van der Waals surface area contributed by atoms with Crippen molar-refractivity contribution in [2.45, 2.75) is 32.4 Å². The average molecular weight is 199 g/mol. The van der Waals surface area contributed by atoms with Crippen LogP contribution in [0.15, 0.2) is 0 Å². The lowest BCUT2D eigenvalue weighted by atomic mass is 10.1. The molecule has 1 aliphatic rings. The summed E-state index contributed by atoms with van der Waals surface area (Å²) >= 11 is 0. The van der Waals surface area contributed by atoms with Crippen LogP contribution in [0.2, 0.25) is 0 Å². The van der Waals surface area contributed by atoms with Crippen molar-refractivity contribution in [3.05, 3.63) is 0 Å². The molecule has 2 N–H and O–H groups in total. The Morgan fingerprint density at radius 3 is 2.64 bits per heavy atom. The molecule has 1 aliphatic heterocycles. The van der Waals surface area contributed by atoms with Crippen molar-refractivity contribution in [1.29, 1.82) is 0 Å². The first-order chi connectivity index (χ1) is 6.40. The summed E-state index contributed by atoms with van der Waals surface area (Å²) < 4.78 is 0. The Kier molecular flexibility index (Phi) is 3.50. The molecule has 1 atom stereocenters. The minimum absolute atomic E-state index is 0.0250. The molecule has 0 bridgehead atoms. The van der Waals surface area contributed by atoms with Gasteiger partial charge in [0.15, 0.2) is 0 Å². The number of amides is 1. The molecule has 82 valence electrons. The Balaban J connectivity index is 2.50. The van der Waals surface area contributed by atoms with Crippen LogP contribution in [-0.4, -0.2) is 49.1 Å². The molecular weight excluding hydrogens is 178 g/mol. The minimum atomic E-state index is -0.143. The third-order valence-electron chi connectivity index (χ3n) is 2.31. The van der Waals surface area contributed by atoms with Gasteiger partial charge in [0.25, 0.3) is 0 Å². The van der Waals surface area contributed by atoms with Gasteiger partial charge in [0.05, 0.1) is 0 Å². The number of hydrogen-bond donors (Lipinski definition) is 2. The Morgan fingerprint density at radius 1 is 1.50 bits per heavy atom. The lowest BCUT2D eigenvalue weighted by Gasteiger charge is -2.34. The van der Waals surface area contributed by atoms with Gasteiger partial charge < -0.3 is 10.6 Å². The van der Waals surface area contributed by atoms with Gasteiger partial charge in [0.1, 0.15) is 6.04 Å². The fourth-order valence-corrected chi connectivity index (χ4v) is 1.55. The highest BCUT2D eigenvalue weighted by molar-refractivity contribution is 5.82. The highest BCUT2D eigenvalue weighted by Crippen LogP contribution is 2.04. The minimum Gasteiger partial charge on any atom is -0.350 e. The lowest BCUT2D eigenvalue weighted by molar-refractivity contribution is -0.127. The number of nitrogens with one attached hydrogen (secondary N) is 2. The van der Waals surface area contributed by atoms with E-state index in [9.17, 15) is 4.79 Å². The highest BCUT2D eigenvalue weighted by atomic mass is 16.2. The SMILES string of the molecule is CN1CCNCC1C(=O)NC(C)(C)C. The number of hydrogen-bond acceptors (Lipinski definition) is 3. The van der Waals surface area contributed by atoms with Gasteiger partial charge in [-0.25, -0.2) is 0 Å². The van der Waals surface area contributed by atoms with E-state index in [0.29, 0.717) is 0 Å². The lowest BCUT2D eigenvalue weighted by Crippen LogP contribution is -2.58. The van der Waals surface area contributed by atoms with E-state index in [1.165, 1.54) is 0 Å². The Bertz CT molecular complexity index is 210. The molecule has 1 rings (SSSR count). The second-order valence-electron chi connectivity index (χ2n) is 4.94. The van der Waals surface area contributed by atoms with E-state index in [1.54, 1.807) is 0 Å². The molecule has 0 aliphatic carbocycles. The number of likely N-dealkylation sites (N-methyl/N-ethyl adjacent to an activating group) is 1. The van der Waals surface area contributed by atoms with Gasteiger partial charge in [-0.3, -0.25) is 9.69 Å². The first kappa shape index (κ1) is 11.5. The van der Waals surface area contributed by atoms with E-state index in [0.717, 1.165) is 19.6 Å². The fourth-order valence-electron chi connectivity index (χ4n) is 1.55. The smallest absolute Gasteiger partial charge is 0.239 e. The van der Waals surface area contributed by atoms with Gasteiger partial charge >= 0.3 is 0 Å². The van der Waals surface area contributed by atoms with E-state index >= 15 is 0 Å². The third-order valence-corrected chi connectivity index (χ3v) is 2.31. The molecule has 14 heavy (non-hydrogen) atoms. The van der Waals surface area contributed by atoms with Crippen molar-refractivity contribution in [3.63, 3.8) is 0 Å². The molecule has 1 saturated heterocycles. The summed E-state index contributed by atoms with van der Waals surface area (Å²) in [6, 6.07) is -0.0250. The van der Waals surface area contributed by atoms with Crippen LogP contribution in [0.5, 0.6) is 0 Å². The maximum absolute atomic E-state index is 11.8. The van der Waals surface area contributed by atoms with Crippen LogP contribution in [0.25, 0.3) is 0 Å². The van der Waals surface area contributed by atoms with E-state index in [2.05, 4.69) is 15.5 Å². The van der Waals surface area contributed by atoms with Crippen molar-refractivity contribution in [2.75, 3.05) is 26.7 Å². The Morgan fingerprint density at radius 2 is 2.14 bits per heavy atom. The Hall–Kier alpha value is -0.610. The van der Waals surface area contributed by atoms with Gasteiger partial charge in [-0.2, -0.15) is 0 Å². The predicted molar refractivity (Wildman–Crippen MR) is 57.2 cm³/mol.